The Morgan fingerprint density at radius 3 is 2.05 bits per heavy atom. The van der Waals surface area contributed by atoms with Gasteiger partial charge in [0.25, 0.3) is 0 Å². The van der Waals surface area contributed by atoms with Gasteiger partial charge in [-0.25, -0.2) is 0 Å². The highest BCUT2D eigenvalue weighted by molar-refractivity contribution is 5.49. The van der Waals surface area contributed by atoms with Crippen LogP contribution in [0.15, 0.2) is 84.9 Å². The lowest BCUT2D eigenvalue weighted by atomic mass is 9.78. The Labute approximate surface area is 130 Å². The Morgan fingerprint density at radius 1 is 0.727 bits per heavy atom. The standard InChI is InChI=1S/C21H18O/c22-21(18-12-5-2-6-13-18)15-17-11-7-8-14-19(17)20(21)16-9-3-1-4-10-16/h1-14,20,22H,15H2/t20-,21-/m1/s1. The lowest BCUT2D eigenvalue weighted by Gasteiger charge is -2.31. The number of rotatable bonds is 2. The van der Waals surface area contributed by atoms with E-state index in [1.807, 2.05) is 48.5 Å². The molecule has 0 unspecified atom stereocenters. The van der Waals surface area contributed by atoms with Crippen molar-refractivity contribution < 1.29 is 5.11 Å². The van der Waals surface area contributed by atoms with Crippen molar-refractivity contribution in [3.05, 3.63) is 107 Å². The van der Waals surface area contributed by atoms with Gasteiger partial charge in [-0.15, -0.1) is 0 Å². The van der Waals surface area contributed by atoms with Crippen molar-refractivity contribution >= 4 is 0 Å². The van der Waals surface area contributed by atoms with Crippen LogP contribution in [0.1, 0.15) is 28.2 Å². The minimum Gasteiger partial charge on any atom is -0.384 e. The number of aliphatic hydroxyl groups is 1. The molecule has 108 valence electrons. The van der Waals surface area contributed by atoms with Crippen molar-refractivity contribution in [2.24, 2.45) is 0 Å². The summed E-state index contributed by atoms with van der Waals surface area (Å²) in [6, 6.07) is 28.8. The monoisotopic (exact) mass is 286 g/mol. The molecule has 1 nitrogen and oxygen atoms in total. The van der Waals surface area contributed by atoms with E-state index in [2.05, 4.69) is 36.4 Å². The SMILES string of the molecule is O[C@@]1(c2ccccc2)Cc2ccccc2[C@H]1c1ccccc1. The van der Waals surface area contributed by atoms with E-state index in [1.54, 1.807) is 0 Å². The summed E-state index contributed by atoms with van der Waals surface area (Å²) in [5.41, 5.74) is 3.74. The molecule has 0 spiro atoms. The maximum absolute atomic E-state index is 11.6. The van der Waals surface area contributed by atoms with Gasteiger partial charge in [0.05, 0.1) is 0 Å². The summed E-state index contributed by atoms with van der Waals surface area (Å²) in [6.45, 7) is 0. The van der Waals surface area contributed by atoms with E-state index in [-0.39, 0.29) is 5.92 Å². The molecule has 0 aromatic heterocycles. The van der Waals surface area contributed by atoms with Gasteiger partial charge in [0.15, 0.2) is 0 Å². The van der Waals surface area contributed by atoms with Gasteiger partial charge in [0.2, 0.25) is 0 Å². The quantitative estimate of drug-likeness (QED) is 0.746. The molecule has 0 radical (unpaired) electrons. The first-order valence-electron chi connectivity index (χ1n) is 7.70. The maximum atomic E-state index is 11.6. The molecule has 1 aliphatic carbocycles. The second-order valence-electron chi connectivity index (χ2n) is 6.01. The summed E-state index contributed by atoms with van der Waals surface area (Å²) in [4.78, 5) is 0. The topological polar surface area (TPSA) is 20.2 Å². The van der Waals surface area contributed by atoms with Crippen LogP contribution in [0.4, 0.5) is 0 Å². The van der Waals surface area contributed by atoms with E-state index < -0.39 is 5.60 Å². The fraction of sp³-hybridized carbons (Fsp3) is 0.143. The fourth-order valence-electron chi connectivity index (χ4n) is 3.72. The first-order valence-corrected chi connectivity index (χ1v) is 7.70. The summed E-state index contributed by atoms with van der Waals surface area (Å²) in [5.74, 6) is -0.0210. The van der Waals surface area contributed by atoms with Gasteiger partial charge in [0.1, 0.15) is 5.60 Å². The van der Waals surface area contributed by atoms with E-state index in [9.17, 15) is 5.11 Å². The zero-order valence-electron chi connectivity index (χ0n) is 12.3. The third-order valence-electron chi connectivity index (χ3n) is 4.71. The Kier molecular flexibility index (Phi) is 3.09. The van der Waals surface area contributed by atoms with Crippen molar-refractivity contribution in [1.29, 1.82) is 0 Å². The van der Waals surface area contributed by atoms with Crippen LogP contribution in [0.3, 0.4) is 0 Å². The van der Waals surface area contributed by atoms with Crippen molar-refractivity contribution in [2.45, 2.75) is 17.9 Å². The van der Waals surface area contributed by atoms with E-state index in [0.717, 1.165) is 5.56 Å². The number of benzene rings is 3. The summed E-state index contributed by atoms with van der Waals surface area (Å²) < 4.78 is 0. The van der Waals surface area contributed by atoms with Crippen LogP contribution in [-0.2, 0) is 12.0 Å². The van der Waals surface area contributed by atoms with Gasteiger partial charge in [-0.05, 0) is 22.3 Å². The minimum atomic E-state index is -0.883. The maximum Gasteiger partial charge on any atom is 0.104 e. The number of fused-ring (bicyclic) bond motifs is 1. The number of hydrogen-bond donors (Lipinski definition) is 1. The molecule has 3 aromatic rings. The summed E-state index contributed by atoms with van der Waals surface area (Å²) in [5, 5.41) is 11.6. The average molecular weight is 286 g/mol. The molecule has 1 aliphatic rings. The van der Waals surface area contributed by atoms with Crippen LogP contribution in [0.25, 0.3) is 0 Å². The predicted molar refractivity (Wildman–Crippen MR) is 88.8 cm³/mol. The van der Waals surface area contributed by atoms with Crippen LogP contribution in [0.2, 0.25) is 0 Å². The highest BCUT2D eigenvalue weighted by Crippen LogP contribution is 2.50. The molecule has 1 heteroatoms. The average Bonchev–Trinajstić information content (AvgIpc) is 2.90. The van der Waals surface area contributed by atoms with Crippen LogP contribution >= 0.6 is 0 Å². The molecule has 4 rings (SSSR count). The molecular formula is C21H18O. The Morgan fingerprint density at radius 2 is 1.32 bits per heavy atom. The summed E-state index contributed by atoms with van der Waals surface area (Å²) in [6.07, 6.45) is 0.659. The molecule has 0 fully saturated rings. The molecular weight excluding hydrogens is 268 g/mol. The normalized spacial score (nSPS) is 23.2. The van der Waals surface area contributed by atoms with E-state index in [0.29, 0.717) is 6.42 Å². The Bertz CT molecular complexity index is 779. The molecule has 2 atom stereocenters. The lowest BCUT2D eigenvalue weighted by Crippen LogP contribution is -2.31. The Balaban J connectivity index is 1.93. The van der Waals surface area contributed by atoms with Crippen molar-refractivity contribution in [3.63, 3.8) is 0 Å². The van der Waals surface area contributed by atoms with Crippen LogP contribution < -0.4 is 0 Å². The van der Waals surface area contributed by atoms with E-state index in [1.165, 1.54) is 16.7 Å². The minimum absolute atomic E-state index is 0.0210. The summed E-state index contributed by atoms with van der Waals surface area (Å²) >= 11 is 0. The third kappa shape index (κ3) is 1.98. The zero-order chi connectivity index (χ0) is 15.0. The van der Waals surface area contributed by atoms with Crippen molar-refractivity contribution in [2.75, 3.05) is 0 Å². The van der Waals surface area contributed by atoms with Gasteiger partial charge >= 0.3 is 0 Å². The smallest absolute Gasteiger partial charge is 0.104 e. The lowest BCUT2D eigenvalue weighted by molar-refractivity contribution is 0.0314. The second kappa shape index (κ2) is 5.11. The molecule has 22 heavy (non-hydrogen) atoms. The largest absolute Gasteiger partial charge is 0.384 e. The molecule has 0 heterocycles. The highest BCUT2D eigenvalue weighted by atomic mass is 16.3. The fourth-order valence-corrected chi connectivity index (χ4v) is 3.72. The van der Waals surface area contributed by atoms with Crippen molar-refractivity contribution in [3.8, 4) is 0 Å². The molecule has 0 saturated carbocycles. The molecule has 1 N–H and O–H groups in total. The van der Waals surface area contributed by atoms with Crippen LogP contribution in [0, 0.1) is 0 Å². The number of hydrogen-bond acceptors (Lipinski definition) is 1. The van der Waals surface area contributed by atoms with Crippen LogP contribution in [0.5, 0.6) is 0 Å². The van der Waals surface area contributed by atoms with E-state index in [4.69, 9.17) is 0 Å². The van der Waals surface area contributed by atoms with Gasteiger partial charge in [-0.3, -0.25) is 0 Å². The zero-order valence-corrected chi connectivity index (χ0v) is 12.3. The summed E-state index contributed by atoms with van der Waals surface area (Å²) in [7, 11) is 0. The van der Waals surface area contributed by atoms with Gasteiger partial charge in [-0.2, -0.15) is 0 Å². The van der Waals surface area contributed by atoms with Gasteiger partial charge in [-0.1, -0.05) is 84.9 Å². The highest BCUT2D eigenvalue weighted by Gasteiger charge is 2.46. The third-order valence-corrected chi connectivity index (χ3v) is 4.71. The second-order valence-corrected chi connectivity index (χ2v) is 6.01. The van der Waals surface area contributed by atoms with Crippen molar-refractivity contribution in [1.82, 2.24) is 0 Å². The molecule has 0 bridgehead atoms. The molecule has 0 saturated heterocycles. The first-order chi connectivity index (χ1) is 10.8. The van der Waals surface area contributed by atoms with Crippen LogP contribution in [-0.4, -0.2) is 5.11 Å². The molecule has 0 aliphatic heterocycles. The molecule has 3 aromatic carbocycles. The Hall–Kier alpha value is -2.38. The first kappa shape index (κ1) is 13.3. The van der Waals surface area contributed by atoms with Gasteiger partial charge < -0.3 is 5.11 Å². The van der Waals surface area contributed by atoms with Gasteiger partial charge in [0, 0.05) is 12.3 Å². The molecule has 0 amide bonds. The van der Waals surface area contributed by atoms with E-state index >= 15 is 0 Å². The predicted octanol–water partition coefficient (Wildman–Crippen LogP) is 4.26.